The van der Waals surface area contributed by atoms with Gasteiger partial charge >= 0.3 is 12.1 Å². The number of aliphatic carboxylic acids is 1. The van der Waals surface area contributed by atoms with Crippen LogP contribution in [-0.4, -0.2) is 33.8 Å². The molecule has 0 spiro atoms. The average molecular weight is 462 g/mol. The second kappa shape index (κ2) is 11.8. The Morgan fingerprint density at radius 2 is 1.73 bits per heavy atom. The highest BCUT2D eigenvalue weighted by Crippen LogP contribution is 2.27. The van der Waals surface area contributed by atoms with Gasteiger partial charge in [-0.15, -0.1) is 0 Å². The molecule has 4 rings (SSSR count). The number of halogens is 3. The van der Waals surface area contributed by atoms with Crippen molar-refractivity contribution in [1.82, 2.24) is 15.3 Å². The number of nitrogens with one attached hydrogen (secondary N) is 2. The highest BCUT2D eigenvalue weighted by Gasteiger charge is 2.38. The molecule has 0 radical (unpaired) electrons. The molecule has 0 unspecified atom stereocenters. The summed E-state index contributed by atoms with van der Waals surface area (Å²) in [6.07, 6.45) is 6.68. The normalized spacial score (nSPS) is 14.6. The first-order valence-electron chi connectivity index (χ1n) is 11.4. The van der Waals surface area contributed by atoms with E-state index >= 15 is 0 Å². The fourth-order valence-electron chi connectivity index (χ4n) is 4.15. The summed E-state index contributed by atoms with van der Waals surface area (Å²) in [7, 11) is 0. The molecule has 5 nitrogen and oxygen atoms in total. The molecular weight excluding hydrogens is 431 g/mol. The number of carboxylic acid groups (broad SMARTS) is 1. The van der Waals surface area contributed by atoms with Crippen LogP contribution in [0.4, 0.5) is 13.2 Å². The van der Waals surface area contributed by atoms with Crippen molar-refractivity contribution >= 4 is 17.0 Å². The molecule has 1 heterocycles. The maximum Gasteiger partial charge on any atom is 0.490 e. The number of H-pyrrole nitrogens is 1. The molecule has 3 aromatic rings. The van der Waals surface area contributed by atoms with Gasteiger partial charge < -0.3 is 15.4 Å². The number of rotatable bonds is 7. The van der Waals surface area contributed by atoms with Gasteiger partial charge in [0.15, 0.2) is 0 Å². The first-order valence-corrected chi connectivity index (χ1v) is 11.4. The van der Waals surface area contributed by atoms with E-state index in [1.54, 1.807) is 6.33 Å². The van der Waals surface area contributed by atoms with Gasteiger partial charge in [-0.05, 0) is 54.1 Å². The minimum atomic E-state index is -5.08. The van der Waals surface area contributed by atoms with Crippen LogP contribution in [0.15, 0.2) is 48.8 Å². The van der Waals surface area contributed by atoms with Crippen molar-refractivity contribution in [1.29, 1.82) is 0 Å². The van der Waals surface area contributed by atoms with Crippen molar-refractivity contribution in [3.05, 3.63) is 54.4 Å². The van der Waals surface area contributed by atoms with Crippen LogP contribution in [0.1, 0.15) is 50.5 Å². The number of hydrogen-bond acceptors (Lipinski definition) is 3. The van der Waals surface area contributed by atoms with Gasteiger partial charge in [0.05, 0.1) is 17.4 Å². The van der Waals surface area contributed by atoms with Gasteiger partial charge in [-0.3, -0.25) is 0 Å². The van der Waals surface area contributed by atoms with Crippen LogP contribution < -0.4 is 5.32 Å². The minimum Gasteiger partial charge on any atom is -0.475 e. The lowest BCUT2D eigenvalue weighted by atomic mass is 9.86. The number of aromatic amines is 1. The molecule has 1 saturated carbocycles. The molecule has 2 aromatic carbocycles. The minimum absolute atomic E-state index is 0.963. The van der Waals surface area contributed by atoms with E-state index in [2.05, 4.69) is 57.7 Å². The Labute approximate surface area is 191 Å². The topological polar surface area (TPSA) is 78.0 Å². The number of carbonyl (C=O) groups is 1. The van der Waals surface area contributed by atoms with Gasteiger partial charge in [0.1, 0.15) is 0 Å². The molecule has 0 atom stereocenters. The molecule has 33 heavy (non-hydrogen) atoms. The van der Waals surface area contributed by atoms with Crippen LogP contribution >= 0.6 is 0 Å². The van der Waals surface area contributed by atoms with E-state index in [0.29, 0.717) is 0 Å². The lowest BCUT2D eigenvalue weighted by Crippen LogP contribution is -2.21. The van der Waals surface area contributed by atoms with Crippen molar-refractivity contribution in [2.45, 2.75) is 57.7 Å². The van der Waals surface area contributed by atoms with Crippen molar-refractivity contribution in [2.24, 2.45) is 5.92 Å². The van der Waals surface area contributed by atoms with E-state index in [0.717, 1.165) is 30.0 Å². The second-order valence-corrected chi connectivity index (χ2v) is 8.46. The van der Waals surface area contributed by atoms with Crippen molar-refractivity contribution < 1.29 is 23.1 Å². The van der Waals surface area contributed by atoms with Crippen molar-refractivity contribution in [3.63, 3.8) is 0 Å². The van der Waals surface area contributed by atoms with E-state index in [4.69, 9.17) is 9.90 Å². The average Bonchev–Trinajstić information content (AvgIpc) is 3.28. The number of aromatic nitrogens is 2. The van der Waals surface area contributed by atoms with Crippen LogP contribution in [0.5, 0.6) is 0 Å². The molecule has 178 valence electrons. The third-order valence-electron chi connectivity index (χ3n) is 5.97. The predicted molar refractivity (Wildman–Crippen MR) is 123 cm³/mol. The third-order valence-corrected chi connectivity index (χ3v) is 5.97. The zero-order chi connectivity index (χ0) is 23.7. The van der Waals surface area contributed by atoms with Gasteiger partial charge in [0.25, 0.3) is 0 Å². The van der Waals surface area contributed by atoms with Crippen LogP contribution in [-0.2, 0) is 11.3 Å². The maximum absolute atomic E-state index is 10.6. The van der Waals surface area contributed by atoms with Crippen molar-refractivity contribution in [3.8, 4) is 11.1 Å². The SMILES string of the molecule is O=C(O)C(F)(F)F.c1nc2ccc(-c3ccc(CNCCCC4CCCCC4)cc3)cc2[nH]1. The second-order valence-electron chi connectivity index (χ2n) is 8.46. The van der Waals surface area contributed by atoms with Gasteiger partial charge in [-0.25, -0.2) is 9.78 Å². The smallest absolute Gasteiger partial charge is 0.475 e. The molecule has 1 aliphatic rings. The summed E-state index contributed by atoms with van der Waals surface area (Å²) in [5.74, 6) is -1.76. The van der Waals surface area contributed by atoms with E-state index in [-0.39, 0.29) is 0 Å². The van der Waals surface area contributed by atoms with Gasteiger partial charge in [0, 0.05) is 6.54 Å². The van der Waals surface area contributed by atoms with Crippen LogP contribution in [0.2, 0.25) is 0 Å². The first kappa shape index (κ1) is 24.8. The predicted octanol–water partition coefficient (Wildman–Crippen LogP) is 6.31. The Hall–Kier alpha value is -2.87. The summed E-state index contributed by atoms with van der Waals surface area (Å²) >= 11 is 0. The van der Waals surface area contributed by atoms with Gasteiger partial charge in [-0.1, -0.05) is 62.4 Å². The highest BCUT2D eigenvalue weighted by atomic mass is 19.4. The summed E-state index contributed by atoms with van der Waals surface area (Å²) in [5, 5.41) is 10.7. The Kier molecular flexibility index (Phi) is 8.88. The number of carboxylic acids is 1. The van der Waals surface area contributed by atoms with E-state index in [9.17, 15) is 13.2 Å². The number of alkyl halides is 3. The van der Waals surface area contributed by atoms with Crippen LogP contribution in [0, 0.1) is 5.92 Å². The lowest BCUT2D eigenvalue weighted by Gasteiger charge is -2.21. The summed E-state index contributed by atoms with van der Waals surface area (Å²) in [4.78, 5) is 16.4. The Balaban J connectivity index is 0.000000383. The lowest BCUT2D eigenvalue weighted by molar-refractivity contribution is -0.192. The summed E-state index contributed by atoms with van der Waals surface area (Å²) < 4.78 is 31.7. The number of nitrogens with zero attached hydrogens (tertiary/aromatic N) is 1. The monoisotopic (exact) mass is 461 g/mol. The Bertz CT molecular complexity index is 1010. The van der Waals surface area contributed by atoms with E-state index < -0.39 is 12.1 Å². The molecule has 0 amide bonds. The third kappa shape index (κ3) is 7.89. The molecule has 0 bridgehead atoms. The van der Waals surface area contributed by atoms with E-state index in [1.807, 2.05) is 0 Å². The maximum atomic E-state index is 10.6. The molecule has 0 aliphatic heterocycles. The number of hydrogen-bond donors (Lipinski definition) is 3. The highest BCUT2D eigenvalue weighted by molar-refractivity contribution is 5.81. The molecule has 8 heteroatoms. The van der Waals surface area contributed by atoms with Crippen molar-refractivity contribution in [2.75, 3.05) is 6.54 Å². The standard InChI is InChI=1S/C23H29N3.C2HF3O2/c1-2-5-18(6-3-1)7-4-14-24-16-19-8-10-20(11-9-19)21-12-13-22-23(15-21)26-17-25-22;3-2(4,5)1(6)7/h8-13,15,17-18,24H,1-7,14,16H2,(H,25,26);(H,6,7). The molecule has 0 saturated heterocycles. The summed E-state index contributed by atoms with van der Waals surface area (Å²) in [6.45, 7) is 2.10. The fraction of sp³-hybridized carbons (Fsp3) is 0.440. The largest absolute Gasteiger partial charge is 0.490 e. The number of benzene rings is 2. The fourth-order valence-corrected chi connectivity index (χ4v) is 4.15. The first-order chi connectivity index (χ1) is 15.8. The van der Waals surface area contributed by atoms with Crippen LogP contribution in [0.25, 0.3) is 22.2 Å². The Morgan fingerprint density at radius 3 is 2.39 bits per heavy atom. The zero-order valence-electron chi connectivity index (χ0n) is 18.5. The summed E-state index contributed by atoms with van der Waals surface area (Å²) in [5.41, 5.74) is 5.94. The Morgan fingerprint density at radius 1 is 1.06 bits per heavy atom. The molecule has 3 N–H and O–H groups in total. The molecule has 1 aliphatic carbocycles. The van der Waals surface area contributed by atoms with Gasteiger partial charge in [0.2, 0.25) is 0 Å². The number of imidazole rings is 1. The zero-order valence-corrected chi connectivity index (χ0v) is 18.5. The molecular formula is C25H30F3N3O2. The summed E-state index contributed by atoms with van der Waals surface area (Å²) in [6, 6.07) is 15.3. The molecule has 1 fully saturated rings. The van der Waals surface area contributed by atoms with Gasteiger partial charge in [-0.2, -0.15) is 13.2 Å². The molecule has 1 aromatic heterocycles. The quantitative estimate of drug-likeness (QED) is 0.360. The van der Waals surface area contributed by atoms with Crippen LogP contribution in [0.3, 0.4) is 0 Å². The van der Waals surface area contributed by atoms with E-state index in [1.165, 1.54) is 61.6 Å². The number of fused-ring (bicyclic) bond motifs is 1.